The summed E-state index contributed by atoms with van der Waals surface area (Å²) in [7, 11) is -3.29. The minimum absolute atomic E-state index is 0.235. The first-order chi connectivity index (χ1) is 7.51. The quantitative estimate of drug-likeness (QED) is 0.884. The Hall–Kier alpha value is -0.580. The van der Waals surface area contributed by atoms with Crippen LogP contribution in [-0.4, -0.2) is 19.7 Å². The van der Waals surface area contributed by atoms with Gasteiger partial charge in [-0.2, -0.15) is 0 Å². The maximum Gasteiger partial charge on any atom is 0.182 e. The molecule has 88 valence electrons. The Balaban J connectivity index is 2.35. The van der Waals surface area contributed by atoms with Crippen LogP contribution < -0.4 is 5.73 Å². The fourth-order valence-electron chi connectivity index (χ4n) is 2.14. The maximum absolute atomic E-state index is 12.2. The van der Waals surface area contributed by atoms with Crippen molar-refractivity contribution in [3.05, 3.63) is 29.3 Å². The van der Waals surface area contributed by atoms with Crippen molar-refractivity contribution < 1.29 is 8.42 Å². The lowest BCUT2D eigenvalue weighted by Gasteiger charge is -2.16. The van der Waals surface area contributed by atoms with Gasteiger partial charge in [0.15, 0.2) is 9.84 Å². The highest BCUT2D eigenvalue weighted by Crippen LogP contribution is 2.29. The van der Waals surface area contributed by atoms with Crippen molar-refractivity contribution in [1.29, 1.82) is 0 Å². The lowest BCUT2D eigenvalue weighted by molar-refractivity contribution is 0.568. The Morgan fingerprint density at radius 3 is 2.31 bits per heavy atom. The number of hydrogen-bond donors (Lipinski definition) is 1. The number of benzene rings is 1. The molecule has 2 rings (SSSR count). The summed E-state index contributed by atoms with van der Waals surface area (Å²) >= 11 is 5.73. The van der Waals surface area contributed by atoms with Crippen LogP contribution in [-0.2, 0) is 9.84 Å². The predicted molar refractivity (Wildman–Crippen MR) is 64.3 cm³/mol. The van der Waals surface area contributed by atoms with Gasteiger partial charge in [0, 0.05) is 11.1 Å². The third-order valence-corrected chi connectivity index (χ3v) is 5.61. The highest BCUT2D eigenvalue weighted by molar-refractivity contribution is 7.92. The van der Waals surface area contributed by atoms with Crippen molar-refractivity contribution in [2.45, 2.75) is 35.4 Å². The van der Waals surface area contributed by atoms with E-state index in [0.29, 0.717) is 16.3 Å². The van der Waals surface area contributed by atoms with Gasteiger partial charge in [0.1, 0.15) is 0 Å². The Morgan fingerprint density at radius 2 is 1.81 bits per heavy atom. The van der Waals surface area contributed by atoms with Gasteiger partial charge in [0.25, 0.3) is 0 Å². The molecule has 0 radical (unpaired) electrons. The third-order valence-electron chi connectivity index (χ3n) is 3.04. The van der Waals surface area contributed by atoms with Crippen LogP contribution >= 0.6 is 11.6 Å². The standard InChI is InChI=1S/C11H14ClNO2S/c12-8-4-6-9(7-5-8)16(14,15)11-3-1-2-10(11)13/h4-7,10-11H,1-3,13H2. The Morgan fingerprint density at radius 1 is 1.19 bits per heavy atom. The topological polar surface area (TPSA) is 60.2 Å². The summed E-state index contributed by atoms with van der Waals surface area (Å²) in [5, 5.41) is 0.100. The van der Waals surface area contributed by atoms with Crippen molar-refractivity contribution in [2.75, 3.05) is 0 Å². The second kappa shape index (κ2) is 4.35. The number of halogens is 1. The van der Waals surface area contributed by atoms with E-state index in [2.05, 4.69) is 0 Å². The van der Waals surface area contributed by atoms with Gasteiger partial charge < -0.3 is 5.73 Å². The van der Waals surface area contributed by atoms with Crippen LogP contribution in [0.2, 0.25) is 5.02 Å². The van der Waals surface area contributed by atoms with E-state index in [4.69, 9.17) is 17.3 Å². The summed E-state index contributed by atoms with van der Waals surface area (Å²) in [6.07, 6.45) is 2.34. The maximum atomic E-state index is 12.2. The van der Waals surface area contributed by atoms with Crippen LogP contribution in [0, 0.1) is 0 Å². The fourth-order valence-corrected chi connectivity index (χ4v) is 4.20. The first kappa shape index (κ1) is 11.9. The Labute approximate surface area is 101 Å². The van der Waals surface area contributed by atoms with Gasteiger partial charge in [0.05, 0.1) is 10.1 Å². The molecule has 0 heterocycles. The van der Waals surface area contributed by atoms with Crippen molar-refractivity contribution in [3.8, 4) is 0 Å². The van der Waals surface area contributed by atoms with Crippen molar-refractivity contribution >= 4 is 21.4 Å². The molecular formula is C11H14ClNO2S. The molecule has 2 atom stereocenters. The second-order valence-corrected chi connectivity index (χ2v) is 6.74. The second-order valence-electron chi connectivity index (χ2n) is 4.13. The predicted octanol–water partition coefficient (Wildman–Crippen LogP) is 1.99. The molecule has 0 amide bonds. The molecule has 1 aliphatic rings. The lowest BCUT2D eigenvalue weighted by atomic mass is 10.3. The van der Waals surface area contributed by atoms with Crippen molar-refractivity contribution in [3.63, 3.8) is 0 Å². The highest BCUT2D eigenvalue weighted by atomic mass is 35.5. The summed E-state index contributed by atoms with van der Waals surface area (Å²) < 4.78 is 24.5. The molecule has 0 bridgehead atoms. The van der Waals surface area contributed by atoms with Crippen LogP contribution in [0.4, 0.5) is 0 Å². The number of nitrogens with two attached hydrogens (primary N) is 1. The van der Waals surface area contributed by atoms with Crippen molar-refractivity contribution in [2.24, 2.45) is 5.73 Å². The number of sulfone groups is 1. The van der Waals surface area contributed by atoms with E-state index in [9.17, 15) is 8.42 Å². The summed E-state index contributed by atoms with van der Waals surface area (Å²) in [5.41, 5.74) is 5.83. The smallest absolute Gasteiger partial charge is 0.182 e. The van der Waals surface area contributed by atoms with Crippen LogP contribution in [0.25, 0.3) is 0 Å². The molecule has 2 N–H and O–H groups in total. The van der Waals surface area contributed by atoms with Gasteiger partial charge >= 0.3 is 0 Å². The molecule has 2 unspecified atom stereocenters. The van der Waals surface area contributed by atoms with Gasteiger partial charge in [-0.3, -0.25) is 0 Å². The monoisotopic (exact) mass is 259 g/mol. The zero-order valence-corrected chi connectivity index (χ0v) is 10.3. The Kier molecular flexibility index (Phi) is 3.24. The normalized spacial score (nSPS) is 25.9. The largest absolute Gasteiger partial charge is 0.327 e. The number of hydrogen-bond acceptors (Lipinski definition) is 3. The molecule has 1 aromatic rings. The molecule has 1 aliphatic carbocycles. The van der Waals surface area contributed by atoms with Crippen LogP contribution in [0.5, 0.6) is 0 Å². The highest BCUT2D eigenvalue weighted by Gasteiger charge is 2.36. The van der Waals surface area contributed by atoms with E-state index >= 15 is 0 Å². The molecule has 5 heteroatoms. The van der Waals surface area contributed by atoms with Gasteiger partial charge in [-0.1, -0.05) is 18.0 Å². The van der Waals surface area contributed by atoms with Gasteiger partial charge in [-0.25, -0.2) is 8.42 Å². The minimum Gasteiger partial charge on any atom is -0.327 e. The summed E-state index contributed by atoms with van der Waals surface area (Å²) in [5.74, 6) is 0. The average Bonchev–Trinajstić information content (AvgIpc) is 2.66. The van der Waals surface area contributed by atoms with Crippen LogP contribution in [0.15, 0.2) is 29.2 Å². The molecule has 0 aromatic heterocycles. The molecule has 1 aromatic carbocycles. The van der Waals surface area contributed by atoms with E-state index in [1.807, 2.05) is 0 Å². The molecule has 1 fully saturated rings. The van der Waals surface area contributed by atoms with E-state index in [-0.39, 0.29) is 6.04 Å². The molecule has 0 spiro atoms. The summed E-state index contributed by atoms with van der Waals surface area (Å²) in [6.45, 7) is 0. The fraction of sp³-hybridized carbons (Fsp3) is 0.455. The summed E-state index contributed by atoms with van der Waals surface area (Å²) in [4.78, 5) is 0.319. The van der Waals surface area contributed by atoms with Gasteiger partial charge in [-0.05, 0) is 37.1 Å². The van der Waals surface area contributed by atoms with Gasteiger partial charge in [0.2, 0.25) is 0 Å². The molecule has 3 nitrogen and oxygen atoms in total. The molecule has 0 saturated heterocycles. The molecule has 1 saturated carbocycles. The van der Waals surface area contributed by atoms with Crippen molar-refractivity contribution in [1.82, 2.24) is 0 Å². The first-order valence-electron chi connectivity index (χ1n) is 5.27. The van der Waals surface area contributed by atoms with Crippen LogP contribution in [0.3, 0.4) is 0 Å². The van der Waals surface area contributed by atoms with E-state index in [1.54, 1.807) is 24.3 Å². The van der Waals surface area contributed by atoms with E-state index in [0.717, 1.165) is 12.8 Å². The van der Waals surface area contributed by atoms with E-state index in [1.165, 1.54) is 0 Å². The molecule has 0 aliphatic heterocycles. The lowest BCUT2D eigenvalue weighted by Crippen LogP contribution is -2.35. The van der Waals surface area contributed by atoms with Gasteiger partial charge in [-0.15, -0.1) is 0 Å². The summed E-state index contributed by atoms with van der Waals surface area (Å²) in [6, 6.07) is 6.04. The van der Waals surface area contributed by atoms with E-state index < -0.39 is 15.1 Å². The Bertz CT molecular complexity index is 469. The SMILES string of the molecule is NC1CCCC1S(=O)(=O)c1ccc(Cl)cc1. The average molecular weight is 260 g/mol. The third kappa shape index (κ3) is 2.10. The zero-order valence-electron chi connectivity index (χ0n) is 8.77. The minimum atomic E-state index is -3.29. The van der Waals surface area contributed by atoms with Crippen LogP contribution in [0.1, 0.15) is 19.3 Å². The first-order valence-corrected chi connectivity index (χ1v) is 7.19. The zero-order chi connectivity index (χ0) is 11.8. The number of rotatable bonds is 2. The molecular weight excluding hydrogens is 246 g/mol. The molecule has 16 heavy (non-hydrogen) atoms.